The van der Waals surface area contributed by atoms with Crippen molar-refractivity contribution in [2.45, 2.75) is 31.6 Å². The Balaban J connectivity index is 1.88. The monoisotopic (exact) mass is 299 g/mol. The molecule has 0 saturated heterocycles. The zero-order chi connectivity index (χ0) is 13.7. The Bertz CT molecular complexity index is 467. The van der Waals surface area contributed by atoms with Crippen LogP contribution in [0.25, 0.3) is 0 Å². The van der Waals surface area contributed by atoms with E-state index in [1.165, 1.54) is 5.56 Å². The first-order valence-corrected chi connectivity index (χ1v) is 7.83. The van der Waals surface area contributed by atoms with Crippen molar-refractivity contribution in [2.24, 2.45) is 5.16 Å². The predicted octanol–water partition coefficient (Wildman–Crippen LogP) is 4.05. The Labute approximate surface area is 123 Å². The van der Waals surface area contributed by atoms with Crippen LogP contribution < -0.4 is 4.74 Å². The first-order chi connectivity index (χ1) is 9.15. The van der Waals surface area contributed by atoms with E-state index in [9.17, 15) is 0 Å². The van der Waals surface area contributed by atoms with E-state index in [1.54, 1.807) is 11.8 Å². The summed E-state index contributed by atoms with van der Waals surface area (Å²) >= 11 is 7.56. The molecule has 0 spiro atoms. The number of ether oxygens (including phenoxy) is 1. The van der Waals surface area contributed by atoms with E-state index in [2.05, 4.69) is 17.3 Å². The summed E-state index contributed by atoms with van der Waals surface area (Å²) in [7, 11) is 0. The van der Waals surface area contributed by atoms with Gasteiger partial charge in [-0.25, -0.2) is 0 Å². The quantitative estimate of drug-likeness (QED) is 0.769. The molecule has 1 aliphatic heterocycles. The fourth-order valence-corrected chi connectivity index (χ4v) is 2.91. The summed E-state index contributed by atoms with van der Waals surface area (Å²) in [4.78, 5) is 5.36. The molecule has 2 rings (SSSR count). The molecule has 0 bridgehead atoms. The highest BCUT2D eigenvalue weighted by molar-refractivity contribution is 8.13. The fraction of sp³-hybridized carbons (Fsp3) is 0.500. The standard InChI is InChI=1S/C14H18ClNO2S/c1-3-17-12-6-4-5-11(7-12)9-19-13-8-14(2,10-15)18-16-13/h4-7H,3,8-10H2,1-2H3. The highest BCUT2D eigenvalue weighted by atomic mass is 35.5. The number of rotatable bonds is 5. The zero-order valence-electron chi connectivity index (χ0n) is 11.2. The van der Waals surface area contributed by atoms with Crippen LogP contribution in [0.15, 0.2) is 29.4 Å². The summed E-state index contributed by atoms with van der Waals surface area (Å²) in [5.74, 6) is 2.23. The van der Waals surface area contributed by atoms with Gasteiger partial charge in [0.2, 0.25) is 0 Å². The molecule has 1 atom stereocenters. The number of alkyl halides is 1. The second kappa shape index (κ2) is 6.53. The van der Waals surface area contributed by atoms with Crippen LogP contribution in [0.3, 0.4) is 0 Å². The molecule has 0 aromatic heterocycles. The smallest absolute Gasteiger partial charge is 0.154 e. The minimum Gasteiger partial charge on any atom is -0.494 e. The van der Waals surface area contributed by atoms with E-state index in [1.807, 2.05) is 26.0 Å². The van der Waals surface area contributed by atoms with Crippen molar-refractivity contribution < 1.29 is 9.57 Å². The molecule has 0 radical (unpaired) electrons. The van der Waals surface area contributed by atoms with Gasteiger partial charge >= 0.3 is 0 Å². The second-order valence-electron chi connectivity index (χ2n) is 4.71. The summed E-state index contributed by atoms with van der Waals surface area (Å²) in [5.41, 5.74) is 0.884. The number of halogens is 1. The van der Waals surface area contributed by atoms with Crippen molar-refractivity contribution >= 4 is 28.4 Å². The number of nitrogens with zero attached hydrogens (tertiary/aromatic N) is 1. The first kappa shape index (κ1) is 14.5. The normalized spacial score (nSPS) is 21.9. The van der Waals surface area contributed by atoms with Crippen molar-refractivity contribution in [1.82, 2.24) is 0 Å². The Morgan fingerprint density at radius 2 is 2.37 bits per heavy atom. The lowest BCUT2D eigenvalue weighted by molar-refractivity contribution is 0.0152. The second-order valence-corrected chi connectivity index (χ2v) is 6.02. The molecular formula is C14H18ClNO2S. The van der Waals surface area contributed by atoms with Crippen molar-refractivity contribution in [3.63, 3.8) is 0 Å². The van der Waals surface area contributed by atoms with Crippen molar-refractivity contribution in [1.29, 1.82) is 0 Å². The Morgan fingerprint density at radius 3 is 3.05 bits per heavy atom. The maximum atomic E-state index is 5.86. The van der Waals surface area contributed by atoms with Crippen LogP contribution in [0.5, 0.6) is 5.75 Å². The lowest BCUT2D eigenvalue weighted by atomic mass is 10.1. The number of oxime groups is 1. The van der Waals surface area contributed by atoms with E-state index < -0.39 is 0 Å². The fourth-order valence-electron chi connectivity index (χ4n) is 1.75. The first-order valence-electron chi connectivity index (χ1n) is 6.31. The van der Waals surface area contributed by atoms with Crippen LogP contribution in [-0.2, 0) is 10.6 Å². The highest BCUT2D eigenvalue weighted by Crippen LogP contribution is 2.31. The van der Waals surface area contributed by atoms with Gasteiger partial charge in [-0.3, -0.25) is 0 Å². The Hall–Kier alpha value is -0.870. The number of benzene rings is 1. The highest BCUT2D eigenvalue weighted by Gasteiger charge is 2.33. The molecule has 1 heterocycles. The van der Waals surface area contributed by atoms with Crippen LogP contribution in [-0.4, -0.2) is 23.1 Å². The topological polar surface area (TPSA) is 30.8 Å². The SMILES string of the molecule is CCOc1cccc(CSC2=NOC(C)(CCl)C2)c1. The lowest BCUT2D eigenvalue weighted by Gasteiger charge is -2.16. The third-order valence-corrected chi connectivity index (χ3v) is 4.39. The van der Waals surface area contributed by atoms with Crippen molar-refractivity contribution in [3.8, 4) is 5.75 Å². The summed E-state index contributed by atoms with van der Waals surface area (Å²) in [6.07, 6.45) is 0.784. The molecule has 0 saturated carbocycles. The average Bonchev–Trinajstić information content (AvgIpc) is 2.80. The maximum absolute atomic E-state index is 5.86. The Morgan fingerprint density at radius 1 is 1.53 bits per heavy atom. The molecule has 1 aromatic rings. The molecule has 1 aliphatic rings. The summed E-state index contributed by atoms with van der Waals surface area (Å²) in [6, 6.07) is 8.13. The Kier molecular flexibility index (Phi) is 4.99. The van der Waals surface area contributed by atoms with Gasteiger partial charge in [0.05, 0.1) is 12.5 Å². The van der Waals surface area contributed by atoms with Crippen LogP contribution in [0.4, 0.5) is 0 Å². The average molecular weight is 300 g/mol. The molecule has 0 fully saturated rings. The number of hydrogen-bond acceptors (Lipinski definition) is 4. The third-order valence-electron chi connectivity index (χ3n) is 2.79. The minimum atomic E-state index is -0.336. The molecule has 0 N–H and O–H groups in total. The van der Waals surface area contributed by atoms with Gasteiger partial charge in [0, 0.05) is 12.2 Å². The molecule has 5 heteroatoms. The van der Waals surface area contributed by atoms with Gasteiger partial charge < -0.3 is 9.57 Å². The van der Waals surface area contributed by atoms with E-state index in [0.717, 1.165) is 23.0 Å². The summed E-state index contributed by atoms with van der Waals surface area (Å²) < 4.78 is 5.49. The molecule has 1 aromatic carbocycles. The van der Waals surface area contributed by atoms with E-state index >= 15 is 0 Å². The van der Waals surface area contributed by atoms with E-state index in [-0.39, 0.29) is 5.60 Å². The van der Waals surface area contributed by atoms with Gasteiger partial charge in [-0.05, 0) is 31.5 Å². The minimum absolute atomic E-state index is 0.336. The molecular weight excluding hydrogens is 282 g/mol. The van der Waals surface area contributed by atoms with E-state index in [0.29, 0.717) is 12.5 Å². The lowest BCUT2D eigenvalue weighted by Crippen LogP contribution is -2.26. The number of hydrogen-bond donors (Lipinski definition) is 0. The zero-order valence-corrected chi connectivity index (χ0v) is 12.8. The molecule has 0 amide bonds. The van der Waals surface area contributed by atoms with Crippen molar-refractivity contribution in [3.05, 3.63) is 29.8 Å². The van der Waals surface area contributed by atoms with Crippen LogP contribution in [0, 0.1) is 0 Å². The van der Waals surface area contributed by atoms with Crippen LogP contribution in [0.2, 0.25) is 0 Å². The molecule has 3 nitrogen and oxygen atoms in total. The van der Waals surface area contributed by atoms with Gasteiger partial charge in [0.1, 0.15) is 10.8 Å². The van der Waals surface area contributed by atoms with Crippen LogP contribution >= 0.6 is 23.4 Å². The summed E-state index contributed by atoms with van der Waals surface area (Å²) in [6.45, 7) is 4.65. The van der Waals surface area contributed by atoms with Crippen molar-refractivity contribution in [2.75, 3.05) is 12.5 Å². The molecule has 19 heavy (non-hydrogen) atoms. The van der Waals surface area contributed by atoms with Gasteiger partial charge in [-0.2, -0.15) is 0 Å². The third kappa shape index (κ3) is 4.05. The van der Waals surface area contributed by atoms with Gasteiger partial charge in [-0.15, -0.1) is 23.4 Å². The largest absolute Gasteiger partial charge is 0.494 e. The predicted molar refractivity (Wildman–Crippen MR) is 81.2 cm³/mol. The van der Waals surface area contributed by atoms with Gasteiger partial charge in [-0.1, -0.05) is 17.3 Å². The maximum Gasteiger partial charge on any atom is 0.154 e. The van der Waals surface area contributed by atoms with Gasteiger partial charge in [0.15, 0.2) is 5.60 Å². The van der Waals surface area contributed by atoms with Gasteiger partial charge in [0.25, 0.3) is 0 Å². The number of thioether (sulfide) groups is 1. The van der Waals surface area contributed by atoms with Crippen LogP contribution in [0.1, 0.15) is 25.8 Å². The molecule has 104 valence electrons. The van der Waals surface area contributed by atoms with E-state index in [4.69, 9.17) is 21.2 Å². The summed E-state index contributed by atoms with van der Waals surface area (Å²) in [5, 5.41) is 5.10. The molecule has 0 aliphatic carbocycles. The molecule has 1 unspecified atom stereocenters.